The molecular weight excluding hydrogens is 124 g/mol. The number of hydrogen-bond acceptors (Lipinski definition) is 3. The third-order valence-electron chi connectivity index (χ3n) is 0.594. The third kappa shape index (κ3) is 2.78. The first-order chi connectivity index (χ1) is 4.22. The number of hydroxylamine groups is 2. The second kappa shape index (κ2) is 3.99. The van der Waals surface area contributed by atoms with Crippen LogP contribution in [0.3, 0.4) is 0 Å². The van der Waals surface area contributed by atoms with Crippen LogP contribution >= 0.6 is 0 Å². The molecule has 52 valence electrons. The van der Waals surface area contributed by atoms with Crippen molar-refractivity contribution in [2.24, 2.45) is 4.99 Å². The predicted octanol–water partition coefficient (Wildman–Crippen LogP) is -0.162. The van der Waals surface area contributed by atoms with Crippen molar-refractivity contribution in [2.45, 2.75) is 6.92 Å². The number of carbonyl (C=O) groups is 1. The van der Waals surface area contributed by atoms with Crippen LogP contribution < -0.4 is 0 Å². The Bertz CT molecular complexity index is 123. The highest BCUT2D eigenvalue weighted by Gasteiger charge is 2.03. The lowest BCUT2D eigenvalue weighted by Gasteiger charge is -2.05. The van der Waals surface area contributed by atoms with Gasteiger partial charge in [-0.3, -0.25) is 5.21 Å². The molecule has 0 unspecified atom stereocenters. The van der Waals surface area contributed by atoms with E-state index in [1.807, 2.05) is 0 Å². The monoisotopic (exact) mass is 132 g/mol. The quantitative estimate of drug-likeness (QED) is 0.225. The van der Waals surface area contributed by atoms with Gasteiger partial charge in [-0.1, -0.05) is 0 Å². The van der Waals surface area contributed by atoms with Crippen LogP contribution in [-0.4, -0.2) is 34.4 Å². The normalized spacial score (nSPS) is 10.1. The maximum absolute atomic E-state index is 10.3. The molecule has 0 saturated carbocycles. The first-order valence-electron chi connectivity index (χ1n) is 2.32. The highest BCUT2D eigenvalue weighted by atomic mass is 16.5. The molecule has 2 N–H and O–H groups in total. The lowest BCUT2D eigenvalue weighted by atomic mass is 10.8. The van der Waals surface area contributed by atoms with Gasteiger partial charge in [0.2, 0.25) is 0 Å². The Morgan fingerprint density at radius 1 is 1.89 bits per heavy atom. The minimum absolute atomic E-state index is 0.0972. The molecule has 0 aliphatic rings. The van der Waals surface area contributed by atoms with Crippen molar-refractivity contribution in [3.8, 4) is 0 Å². The molecule has 0 bridgehead atoms. The van der Waals surface area contributed by atoms with E-state index < -0.39 is 12.8 Å². The molecule has 0 rings (SSSR count). The number of nitrogens with zero attached hydrogens (tertiary/aromatic N) is 2. The summed E-state index contributed by atoms with van der Waals surface area (Å²) in [7, 11) is 0. The number of urea groups is 1. The van der Waals surface area contributed by atoms with Crippen molar-refractivity contribution in [2.75, 3.05) is 6.73 Å². The van der Waals surface area contributed by atoms with Gasteiger partial charge in [0, 0.05) is 6.21 Å². The number of amides is 2. The van der Waals surface area contributed by atoms with Gasteiger partial charge in [0.15, 0.2) is 0 Å². The van der Waals surface area contributed by atoms with Gasteiger partial charge < -0.3 is 5.11 Å². The fourth-order valence-corrected chi connectivity index (χ4v) is 0.238. The van der Waals surface area contributed by atoms with Crippen molar-refractivity contribution in [1.82, 2.24) is 5.06 Å². The summed E-state index contributed by atoms with van der Waals surface area (Å²) in [6.07, 6.45) is 1.22. The molecule has 0 heterocycles. The third-order valence-corrected chi connectivity index (χ3v) is 0.594. The number of rotatable bonds is 1. The molecule has 0 aliphatic heterocycles. The fraction of sp³-hybridized carbons (Fsp3) is 0.500. The lowest BCUT2D eigenvalue weighted by molar-refractivity contribution is -0.0933. The Morgan fingerprint density at radius 2 is 2.44 bits per heavy atom. The molecule has 0 aromatic rings. The summed E-state index contributed by atoms with van der Waals surface area (Å²) in [5.41, 5.74) is 0. The predicted molar refractivity (Wildman–Crippen MR) is 30.3 cm³/mol. The highest BCUT2D eigenvalue weighted by molar-refractivity contribution is 5.81. The zero-order chi connectivity index (χ0) is 7.28. The van der Waals surface area contributed by atoms with Crippen LogP contribution in [0.25, 0.3) is 0 Å². The molecule has 0 aliphatic carbocycles. The summed E-state index contributed by atoms with van der Waals surface area (Å²) in [6, 6.07) is -0.875. The van der Waals surface area contributed by atoms with Crippen LogP contribution in [0.5, 0.6) is 0 Å². The van der Waals surface area contributed by atoms with Gasteiger partial charge >= 0.3 is 6.03 Å². The van der Waals surface area contributed by atoms with E-state index in [0.29, 0.717) is 0 Å². The zero-order valence-corrected chi connectivity index (χ0v) is 4.98. The average molecular weight is 132 g/mol. The van der Waals surface area contributed by atoms with E-state index >= 15 is 0 Å². The number of hydrogen-bond donors (Lipinski definition) is 2. The van der Waals surface area contributed by atoms with E-state index in [2.05, 4.69) is 4.99 Å². The smallest absolute Gasteiger partial charge is 0.369 e. The number of aliphatic hydroxyl groups is 1. The van der Waals surface area contributed by atoms with Gasteiger partial charge in [0.05, 0.1) is 0 Å². The van der Waals surface area contributed by atoms with Crippen LogP contribution in [0, 0.1) is 0 Å². The van der Waals surface area contributed by atoms with Crippen molar-refractivity contribution in [3.05, 3.63) is 0 Å². The fourth-order valence-electron chi connectivity index (χ4n) is 0.238. The van der Waals surface area contributed by atoms with Crippen LogP contribution in [0.15, 0.2) is 4.99 Å². The van der Waals surface area contributed by atoms with Crippen LogP contribution in [0.4, 0.5) is 4.79 Å². The van der Waals surface area contributed by atoms with Gasteiger partial charge in [0.1, 0.15) is 6.73 Å². The van der Waals surface area contributed by atoms with Crippen molar-refractivity contribution in [1.29, 1.82) is 0 Å². The molecule has 9 heavy (non-hydrogen) atoms. The Balaban J connectivity index is 3.73. The number of aliphatic imine (C=N–C) groups is 1. The van der Waals surface area contributed by atoms with Gasteiger partial charge in [-0.25, -0.2) is 9.79 Å². The molecule has 0 saturated heterocycles. The van der Waals surface area contributed by atoms with E-state index in [1.54, 1.807) is 0 Å². The van der Waals surface area contributed by atoms with Gasteiger partial charge in [-0.05, 0) is 6.92 Å². The molecule has 0 spiro atoms. The summed E-state index contributed by atoms with van der Waals surface area (Å²) in [5, 5.41) is 16.6. The molecule has 2 amide bonds. The molecule has 0 fully saturated rings. The van der Waals surface area contributed by atoms with Crippen LogP contribution in [0.2, 0.25) is 0 Å². The Hall–Kier alpha value is -0.940. The summed E-state index contributed by atoms with van der Waals surface area (Å²) >= 11 is 0. The lowest BCUT2D eigenvalue weighted by Crippen LogP contribution is -2.25. The second-order valence-corrected chi connectivity index (χ2v) is 1.21. The summed E-state index contributed by atoms with van der Waals surface area (Å²) in [4.78, 5) is 13.4. The van der Waals surface area contributed by atoms with Gasteiger partial charge in [0.25, 0.3) is 0 Å². The van der Waals surface area contributed by atoms with E-state index in [9.17, 15) is 4.79 Å². The maximum Gasteiger partial charge on any atom is 0.369 e. The zero-order valence-electron chi connectivity index (χ0n) is 4.98. The number of aliphatic hydroxyl groups excluding tert-OH is 1. The molecule has 5 heteroatoms. The second-order valence-electron chi connectivity index (χ2n) is 1.21. The van der Waals surface area contributed by atoms with E-state index in [0.717, 1.165) is 0 Å². The molecule has 0 aromatic heterocycles. The van der Waals surface area contributed by atoms with Crippen LogP contribution in [0.1, 0.15) is 6.92 Å². The average Bonchev–Trinajstić information content (AvgIpc) is 1.87. The topological polar surface area (TPSA) is 73.1 Å². The minimum atomic E-state index is -0.875. The Kier molecular flexibility index (Phi) is 3.57. The molecule has 0 atom stereocenters. The van der Waals surface area contributed by atoms with Crippen molar-refractivity contribution < 1.29 is 15.1 Å². The summed E-state index contributed by atoms with van der Waals surface area (Å²) < 4.78 is 0. The standard InChI is InChI=1S/C4H8N2O3/c1-2-5-4(8)6(9)3-7/h2,7,9H,3H2,1H3. The first-order valence-corrected chi connectivity index (χ1v) is 2.32. The van der Waals surface area contributed by atoms with Crippen molar-refractivity contribution in [3.63, 3.8) is 0 Å². The molecule has 5 nitrogen and oxygen atoms in total. The van der Waals surface area contributed by atoms with Gasteiger partial charge in [-0.2, -0.15) is 5.06 Å². The van der Waals surface area contributed by atoms with Gasteiger partial charge in [-0.15, -0.1) is 0 Å². The highest BCUT2D eigenvalue weighted by Crippen LogP contribution is 1.83. The molecular formula is C4H8N2O3. The van der Waals surface area contributed by atoms with Crippen molar-refractivity contribution >= 4 is 12.2 Å². The Morgan fingerprint density at radius 3 is 2.78 bits per heavy atom. The SMILES string of the molecule is CC=NC(=O)N(O)CO. The molecule has 0 radical (unpaired) electrons. The van der Waals surface area contributed by atoms with E-state index in [1.165, 1.54) is 13.1 Å². The minimum Gasteiger partial charge on any atom is -0.374 e. The summed E-state index contributed by atoms with van der Waals surface area (Å²) in [6.45, 7) is 0.791. The first kappa shape index (κ1) is 8.06. The number of carbonyl (C=O) groups excluding carboxylic acids is 1. The summed E-state index contributed by atoms with van der Waals surface area (Å²) in [5.74, 6) is 0. The van der Waals surface area contributed by atoms with E-state index in [4.69, 9.17) is 10.3 Å². The largest absolute Gasteiger partial charge is 0.374 e. The van der Waals surface area contributed by atoms with E-state index in [-0.39, 0.29) is 5.06 Å². The molecule has 0 aromatic carbocycles. The maximum atomic E-state index is 10.3. The Labute approximate surface area is 52.2 Å². The van der Waals surface area contributed by atoms with Crippen LogP contribution in [-0.2, 0) is 0 Å².